The molecule has 0 amide bonds. The molecular weight excluding hydrogens is 278 g/mol. The fourth-order valence-electron chi connectivity index (χ4n) is 2.41. The topological polar surface area (TPSA) is 29.9 Å². The van der Waals surface area contributed by atoms with Crippen LogP contribution in [0.25, 0.3) is 10.4 Å². The molecule has 0 spiro atoms. The van der Waals surface area contributed by atoms with E-state index in [9.17, 15) is 0 Å². The zero-order chi connectivity index (χ0) is 14.5. The number of hydrogen-bond acceptors (Lipinski definition) is 3. The van der Waals surface area contributed by atoms with Crippen molar-refractivity contribution in [2.75, 3.05) is 5.32 Å². The molecule has 0 aliphatic heterocycles. The van der Waals surface area contributed by atoms with Crippen LogP contribution in [-0.4, -0.2) is 9.55 Å². The van der Waals surface area contributed by atoms with Gasteiger partial charge in [-0.1, -0.05) is 31.2 Å². The number of anilines is 1. The summed E-state index contributed by atoms with van der Waals surface area (Å²) in [4.78, 5) is 5.54. The third kappa shape index (κ3) is 3.16. The maximum atomic E-state index is 4.25. The quantitative estimate of drug-likeness (QED) is 0.718. The molecule has 4 heteroatoms. The zero-order valence-electron chi connectivity index (χ0n) is 12.1. The summed E-state index contributed by atoms with van der Waals surface area (Å²) in [6, 6.07) is 12.7. The minimum Gasteiger partial charge on any atom is -0.379 e. The van der Waals surface area contributed by atoms with Crippen molar-refractivity contribution < 1.29 is 0 Å². The van der Waals surface area contributed by atoms with E-state index in [0.717, 1.165) is 19.5 Å². The number of aryl methyl sites for hydroxylation is 1. The van der Waals surface area contributed by atoms with Gasteiger partial charge in [0.1, 0.15) is 0 Å². The van der Waals surface area contributed by atoms with Crippen LogP contribution < -0.4 is 5.32 Å². The van der Waals surface area contributed by atoms with Gasteiger partial charge in [-0.3, -0.25) is 0 Å². The molecule has 0 radical (unpaired) electrons. The zero-order valence-corrected chi connectivity index (χ0v) is 12.9. The Labute approximate surface area is 129 Å². The van der Waals surface area contributed by atoms with Gasteiger partial charge < -0.3 is 9.88 Å². The van der Waals surface area contributed by atoms with Gasteiger partial charge in [0, 0.05) is 28.9 Å². The second-order valence-corrected chi connectivity index (χ2v) is 5.90. The summed E-state index contributed by atoms with van der Waals surface area (Å²) in [5.41, 5.74) is 3.65. The number of rotatable bonds is 6. The molecule has 1 aromatic carbocycles. The smallest absolute Gasteiger partial charge is 0.0948 e. The Bertz CT molecular complexity index is 686. The lowest BCUT2D eigenvalue weighted by Crippen LogP contribution is -2.07. The van der Waals surface area contributed by atoms with Crippen molar-refractivity contribution in [2.45, 2.75) is 26.4 Å². The first-order chi connectivity index (χ1) is 10.4. The first kappa shape index (κ1) is 13.9. The van der Waals surface area contributed by atoms with Gasteiger partial charge in [0.2, 0.25) is 0 Å². The van der Waals surface area contributed by atoms with Gasteiger partial charge >= 0.3 is 0 Å². The van der Waals surface area contributed by atoms with Crippen LogP contribution in [0, 0.1) is 0 Å². The second-order valence-electron chi connectivity index (χ2n) is 4.95. The Hall–Kier alpha value is -2.07. The maximum Gasteiger partial charge on any atom is 0.0948 e. The average molecular weight is 297 g/mol. The van der Waals surface area contributed by atoms with Crippen molar-refractivity contribution in [1.82, 2.24) is 9.55 Å². The molecule has 0 fully saturated rings. The van der Waals surface area contributed by atoms with Gasteiger partial charge in [-0.15, -0.1) is 11.3 Å². The molecule has 1 N–H and O–H groups in total. The number of para-hydroxylation sites is 1. The molecule has 0 saturated carbocycles. The largest absolute Gasteiger partial charge is 0.379 e. The summed E-state index contributed by atoms with van der Waals surface area (Å²) in [7, 11) is 0. The van der Waals surface area contributed by atoms with Crippen molar-refractivity contribution in [3.05, 3.63) is 60.0 Å². The summed E-state index contributed by atoms with van der Waals surface area (Å²) in [5, 5.41) is 5.66. The number of hydrogen-bond donors (Lipinski definition) is 1. The highest BCUT2D eigenvalue weighted by molar-refractivity contribution is 7.13. The molecule has 21 heavy (non-hydrogen) atoms. The molecule has 2 heterocycles. The van der Waals surface area contributed by atoms with Crippen molar-refractivity contribution in [1.29, 1.82) is 0 Å². The highest BCUT2D eigenvalue weighted by Crippen LogP contribution is 2.31. The third-order valence-electron chi connectivity index (χ3n) is 3.44. The van der Waals surface area contributed by atoms with Gasteiger partial charge in [-0.2, -0.15) is 0 Å². The Morgan fingerprint density at radius 2 is 2.10 bits per heavy atom. The van der Waals surface area contributed by atoms with Crippen molar-refractivity contribution in [3.63, 3.8) is 0 Å². The lowest BCUT2D eigenvalue weighted by Gasteiger charge is -2.12. The van der Waals surface area contributed by atoms with Crippen LogP contribution in [0.4, 0.5) is 5.69 Å². The number of nitrogens with one attached hydrogen (secondary N) is 1. The maximum absolute atomic E-state index is 4.25. The summed E-state index contributed by atoms with van der Waals surface area (Å²) >= 11 is 1.77. The van der Waals surface area contributed by atoms with E-state index in [-0.39, 0.29) is 0 Å². The molecule has 0 aliphatic rings. The van der Waals surface area contributed by atoms with E-state index >= 15 is 0 Å². The summed E-state index contributed by atoms with van der Waals surface area (Å²) in [6.45, 7) is 4.00. The molecule has 3 nitrogen and oxygen atoms in total. The standard InChI is InChI=1S/C17H19N3S/c1-2-9-20-13-18-11-14(20)12-19-16-7-4-3-6-15(16)17-8-5-10-21-17/h3-8,10-11,13,19H,2,9,12H2,1H3. The normalized spacial score (nSPS) is 10.7. The van der Waals surface area contributed by atoms with Gasteiger partial charge in [0.15, 0.2) is 0 Å². The van der Waals surface area contributed by atoms with Crippen LogP contribution in [0.2, 0.25) is 0 Å². The highest BCUT2D eigenvalue weighted by atomic mass is 32.1. The number of aromatic nitrogens is 2. The number of thiophene rings is 1. The Morgan fingerprint density at radius 3 is 2.90 bits per heavy atom. The lowest BCUT2D eigenvalue weighted by molar-refractivity contribution is 0.651. The Balaban J connectivity index is 1.78. The third-order valence-corrected chi connectivity index (χ3v) is 4.34. The molecule has 108 valence electrons. The predicted molar refractivity (Wildman–Crippen MR) is 89.6 cm³/mol. The van der Waals surface area contributed by atoms with Crippen molar-refractivity contribution >= 4 is 17.0 Å². The Kier molecular flexibility index (Phi) is 4.36. The van der Waals surface area contributed by atoms with Crippen LogP contribution in [-0.2, 0) is 13.1 Å². The van der Waals surface area contributed by atoms with Crippen molar-refractivity contribution in [2.24, 2.45) is 0 Å². The minimum absolute atomic E-state index is 0.794. The molecule has 0 saturated heterocycles. The van der Waals surface area contributed by atoms with Crippen LogP contribution in [0.3, 0.4) is 0 Å². The molecule has 0 aliphatic carbocycles. The fraction of sp³-hybridized carbons (Fsp3) is 0.235. The summed E-state index contributed by atoms with van der Waals surface area (Å²) in [5.74, 6) is 0. The number of nitrogens with zero attached hydrogens (tertiary/aromatic N) is 2. The van der Waals surface area contributed by atoms with E-state index in [1.807, 2.05) is 12.5 Å². The predicted octanol–water partition coefficient (Wildman–Crippen LogP) is 4.63. The SMILES string of the molecule is CCCn1cncc1CNc1ccccc1-c1cccs1. The van der Waals surface area contributed by atoms with E-state index in [4.69, 9.17) is 0 Å². The van der Waals surface area contributed by atoms with Gasteiger partial charge in [-0.05, 0) is 23.9 Å². The van der Waals surface area contributed by atoms with Crippen LogP contribution in [0.1, 0.15) is 19.0 Å². The molecule has 0 bridgehead atoms. The van der Waals surface area contributed by atoms with Crippen LogP contribution in [0.15, 0.2) is 54.3 Å². The van der Waals surface area contributed by atoms with Crippen LogP contribution in [0.5, 0.6) is 0 Å². The monoisotopic (exact) mass is 297 g/mol. The first-order valence-electron chi connectivity index (χ1n) is 7.24. The minimum atomic E-state index is 0.794. The van der Waals surface area contributed by atoms with E-state index in [2.05, 4.69) is 63.6 Å². The molecular formula is C17H19N3S. The molecule has 0 unspecified atom stereocenters. The number of benzene rings is 1. The van der Waals surface area contributed by atoms with Gasteiger partial charge in [-0.25, -0.2) is 4.98 Å². The molecule has 3 aromatic rings. The van der Waals surface area contributed by atoms with Crippen molar-refractivity contribution in [3.8, 4) is 10.4 Å². The van der Waals surface area contributed by atoms with E-state index in [1.165, 1.54) is 21.8 Å². The molecule has 0 atom stereocenters. The summed E-state index contributed by atoms with van der Waals surface area (Å²) < 4.78 is 2.21. The fourth-order valence-corrected chi connectivity index (χ4v) is 3.17. The Morgan fingerprint density at radius 1 is 1.19 bits per heavy atom. The molecule has 3 rings (SSSR count). The van der Waals surface area contributed by atoms with Crippen LogP contribution >= 0.6 is 11.3 Å². The van der Waals surface area contributed by atoms with E-state index in [0.29, 0.717) is 0 Å². The first-order valence-corrected chi connectivity index (χ1v) is 8.12. The summed E-state index contributed by atoms with van der Waals surface area (Å²) in [6.07, 6.45) is 4.97. The second kappa shape index (κ2) is 6.59. The lowest BCUT2D eigenvalue weighted by atomic mass is 10.1. The average Bonchev–Trinajstić information content (AvgIpc) is 3.17. The highest BCUT2D eigenvalue weighted by Gasteiger charge is 2.06. The van der Waals surface area contributed by atoms with Gasteiger partial charge in [0.05, 0.1) is 18.6 Å². The molecule has 2 aromatic heterocycles. The van der Waals surface area contributed by atoms with E-state index < -0.39 is 0 Å². The van der Waals surface area contributed by atoms with Gasteiger partial charge in [0.25, 0.3) is 0 Å². The number of imidazole rings is 1. The van der Waals surface area contributed by atoms with E-state index in [1.54, 1.807) is 11.3 Å².